The molecule has 122 valence electrons. The third-order valence-electron chi connectivity index (χ3n) is 4.92. The van der Waals surface area contributed by atoms with Crippen molar-refractivity contribution in [1.29, 1.82) is 0 Å². The van der Waals surface area contributed by atoms with Crippen LogP contribution in [0, 0.1) is 5.92 Å². The molecule has 1 aliphatic heterocycles. The highest BCUT2D eigenvalue weighted by molar-refractivity contribution is 6.33. The molecule has 1 N–H and O–H groups in total. The monoisotopic (exact) mass is 340 g/mol. The fourth-order valence-electron chi connectivity index (χ4n) is 3.85. The van der Waals surface area contributed by atoms with Gasteiger partial charge in [0.1, 0.15) is 0 Å². The standard InChI is InChI=1S/C19H17ClN2O2/c1-24-19(23)14-7-8-15(20)18-16(14)12-5-2-6-13(12)17(22-18)11-4-3-9-21-10-11/h2-5,7-10,12-13,17,22H,6H2,1H3/t12-,13+,17+/m0/s1. The van der Waals surface area contributed by atoms with E-state index in [9.17, 15) is 4.79 Å². The molecule has 4 rings (SSSR count). The molecule has 0 radical (unpaired) electrons. The van der Waals surface area contributed by atoms with Gasteiger partial charge in [0.2, 0.25) is 0 Å². The zero-order valence-electron chi connectivity index (χ0n) is 13.2. The molecule has 0 saturated heterocycles. The first-order valence-corrected chi connectivity index (χ1v) is 8.32. The molecule has 3 atom stereocenters. The van der Waals surface area contributed by atoms with E-state index in [-0.39, 0.29) is 17.9 Å². The number of nitrogens with one attached hydrogen (secondary N) is 1. The Labute approximate surface area is 145 Å². The molecule has 1 aromatic carbocycles. The summed E-state index contributed by atoms with van der Waals surface area (Å²) in [5.41, 5.74) is 3.46. The van der Waals surface area contributed by atoms with Gasteiger partial charge in [-0.2, -0.15) is 0 Å². The van der Waals surface area contributed by atoms with Crippen LogP contribution in [0.5, 0.6) is 0 Å². The smallest absolute Gasteiger partial charge is 0.338 e. The molecule has 2 heterocycles. The predicted octanol–water partition coefficient (Wildman–Crippen LogP) is 4.35. The summed E-state index contributed by atoms with van der Waals surface area (Å²) >= 11 is 6.45. The summed E-state index contributed by atoms with van der Waals surface area (Å²) in [4.78, 5) is 16.5. The summed E-state index contributed by atoms with van der Waals surface area (Å²) in [5.74, 6) is 0.131. The van der Waals surface area contributed by atoms with Gasteiger partial charge in [-0.05, 0) is 41.7 Å². The number of carbonyl (C=O) groups excluding carboxylic acids is 1. The lowest BCUT2D eigenvalue weighted by molar-refractivity contribution is 0.0598. The summed E-state index contributed by atoms with van der Waals surface area (Å²) in [7, 11) is 1.40. The highest BCUT2D eigenvalue weighted by Gasteiger charge is 2.41. The maximum Gasteiger partial charge on any atom is 0.338 e. The van der Waals surface area contributed by atoms with E-state index in [0.29, 0.717) is 16.5 Å². The first-order valence-electron chi connectivity index (χ1n) is 7.94. The Hall–Kier alpha value is -2.33. The van der Waals surface area contributed by atoms with Gasteiger partial charge in [0.15, 0.2) is 0 Å². The van der Waals surface area contributed by atoms with Gasteiger partial charge >= 0.3 is 5.97 Å². The van der Waals surface area contributed by atoms with Crippen molar-refractivity contribution in [1.82, 2.24) is 4.98 Å². The third kappa shape index (κ3) is 2.29. The van der Waals surface area contributed by atoms with Crippen LogP contribution >= 0.6 is 11.6 Å². The van der Waals surface area contributed by atoms with E-state index in [4.69, 9.17) is 16.3 Å². The summed E-state index contributed by atoms with van der Waals surface area (Å²) in [6.45, 7) is 0. The van der Waals surface area contributed by atoms with Crippen molar-refractivity contribution in [3.63, 3.8) is 0 Å². The van der Waals surface area contributed by atoms with E-state index in [1.54, 1.807) is 18.3 Å². The van der Waals surface area contributed by atoms with E-state index in [1.807, 2.05) is 12.3 Å². The number of esters is 1. The van der Waals surface area contributed by atoms with Crippen molar-refractivity contribution >= 4 is 23.3 Å². The van der Waals surface area contributed by atoms with Crippen molar-refractivity contribution in [3.05, 3.63) is 70.5 Å². The quantitative estimate of drug-likeness (QED) is 0.652. The van der Waals surface area contributed by atoms with Gasteiger partial charge in [0.25, 0.3) is 0 Å². The Morgan fingerprint density at radius 2 is 2.25 bits per heavy atom. The van der Waals surface area contributed by atoms with Crippen molar-refractivity contribution in [2.24, 2.45) is 5.92 Å². The van der Waals surface area contributed by atoms with Gasteiger partial charge in [0, 0.05) is 18.3 Å². The van der Waals surface area contributed by atoms with Gasteiger partial charge in [-0.3, -0.25) is 4.98 Å². The number of benzene rings is 1. The molecule has 4 nitrogen and oxygen atoms in total. The van der Waals surface area contributed by atoms with Crippen molar-refractivity contribution in [3.8, 4) is 0 Å². The van der Waals surface area contributed by atoms with Gasteiger partial charge in [0.05, 0.1) is 29.4 Å². The van der Waals surface area contributed by atoms with Gasteiger partial charge in [-0.1, -0.05) is 29.8 Å². The first-order chi connectivity index (χ1) is 11.7. The number of halogens is 1. The molecule has 1 aliphatic carbocycles. The minimum atomic E-state index is -0.330. The second-order valence-electron chi connectivity index (χ2n) is 6.14. The highest BCUT2D eigenvalue weighted by atomic mass is 35.5. The zero-order chi connectivity index (χ0) is 16.7. The number of methoxy groups -OCH3 is 1. The summed E-state index contributed by atoms with van der Waals surface area (Å²) in [5, 5.41) is 4.17. The molecule has 2 aliphatic rings. The topological polar surface area (TPSA) is 51.2 Å². The van der Waals surface area contributed by atoms with Crippen LogP contribution in [0.4, 0.5) is 5.69 Å². The second kappa shape index (κ2) is 5.95. The van der Waals surface area contributed by atoms with Crippen molar-refractivity contribution in [2.75, 3.05) is 12.4 Å². The number of hydrogen-bond acceptors (Lipinski definition) is 4. The minimum Gasteiger partial charge on any atom is -0.465 e. The lowest BCUT2D eigenvalue weighted by Gasteiger charge is -2.38. The van der Waals surface area contributed by atoms with Crippen LogP contribution in [0.1, 0.15) is 39.9 Å². The zero-order valence-corrected chi connectivity index (χ0v) is 14.0. The van der Waals surface area contributed by atoms with E-state index in [2.05, 4.69) is 28.5 Å². The largest absolute Gasteiger partial charge is 0.465 e. The number of nitrogens with zero attached hydrogens (tertiary/aromatic N) is 1. The lowest BCUT2D eigenvalue weighted by Crippen LogP contribution is -2.30. The highest BCUT2D eigenvalue weighted by Crippen LogP contribution is 2.52. The summed E-state index contributed by atoms with van der Waals surface area (Å²) in [6.07, 6.45) is 8.96. The third-order valence-corrected chi connectivity index (χ3v) is 5.23. The van der Waals surface area contributed by atoms with E-state index in [0.717, 1.165) is 23.2 Å². The van der Waals surface area contributed by atoms with Gasteiger partial charge < -0.3 is 10.1 Å². The SMILES string of the molecule is COC(=O)c1ccc(Cl)c2c1[C@H]1C=CC[C@H]1[C@@H](c1cccnc1)N2. The molecule has 0 saturated carbocycles. The molecule has 24 heavy (non-hydrogen) atoms. The van der Waals surface area contributed by atoms with Crippen molar-refractivity contribution < 1.29 is 9.53 Å². The summed E-state index contributed by atoms with van der Waals surface area (Å²) in [6, 6.07) is 7.62. The van der Waals surface area contributed by atoms with Crippen LogP contribution in [0.2, 0.25) is 5.02 Å². The molecule has 0 unspecified atom stereocenters. The predicted molar refractivity (Wildman–Crippen MR) is 93.4 cm³/mol. The molecule has 0 fully saturated rings. The fraction of sp³-hybridized carbons (Fsp3) is 0.263. The molecular formula is C19H17ClN2O2. The fourth-order valence-corrected chi connectivity index (χ4v) is 4.07. The lowest BCUT2D eigenvalue weighted by atomic mass is 9.75. The van der Waals surface area contributed by atoms with Crippen LogP contribution in [-0.2, 0) is 4.74 Å². The van der Waals surface area contributed by atoms with Crippen LogP contribution < -0.4 is 5.32 Å². The maximum absolute atomic E-state index is 12.2. The number of ether oxygens (including phenoxy) is 1. The number of fused-ring (bicyclic) bond motifs is 3. The number of aromatic nitrogens is 1. The van der Waals surface area contributed by atoms with Crippen LogP contribution in [0.3, 0.4) is 0 Å². The first kappa shape index (κ1) is 15.2. The Balaban J connectivity index is 1.87. The molecule has 5 heteroatoms. The number of allylic oxidation sites excluding steroid dienone is 2. The van der Waals surface area contributed by atoms with E-state index < -0.39 is 0 Å². The van der Waals surface area contributed by atoms with Crippen LogP contribution in [0.15, 0.2) is 48.8 Å². The van der Waals surface area contributed by atoms with Gasteiger partial charge in [-0.25, -0.2) is 4.79 Å². The number of rotatable bonds is 2. The Morgan fingerprint density at radius 1 is 1.38 bits per heavy atom. The van der Waals surface area contributed by atoms with Crippen LogP contribution in [0.25, 0.3) is 0 Å². The minimum absolute atomic E-state index is 0.108. The molecule has 2 aromatic rings. The average molecular weight is 341 g/mol. The molecule has 0 bridgehead atoms. The maximum atomic E-state index is 12.2. The molecule has 0 spiro atoms. The average Bonchev–Trinajstić information content (AvgIpc) is 3.11. The Bertz CT molecular complexity index is 820. The van der Waals surface area contributed by atoms with Crippen molar-refractivity contribution in [2.45, 2.75) is 18.4 Å². The molecule has 0 amide bonds. The second-order valence-corrected chi connectivity index (χ2v) is 6.54. The Morgan fingerprint density at radius 3 is 3.00 bits per heavy atom. The number of anilines is 1. The molecular weight excluding hydrogens is 324 g/mol. The number of pyridine rings is 1. The number of carbonyl (C=O) groups is 1. The summed E-state index contributed by atoms with van der Waals surface area (Å²) < 4.78 is 4.96. The number of hydrogen-bond donors (Lipinski definition) is 1. The molecule has 1 aromatic heterocycles. The van der Waals surface area contributed by atoms with E-state index in [1.165, 1.54) is 7.11 Å². The Kier molecular flexibility index (Phi) is 3.77. The normalized spacial score (nSPS) is 24.0. The van der Waals surface area contributed by atoms with E-state index >= 15 is 0 Å². The van der Waals surface area contributed by atoms with Crippen LogP contribution in [-0.4, -0.2) is 18.1 Å². The van der Waals surface area contributed by atoms with Gasteiger partial charge in [-0.15, -0.1) is 0 Å².